The van der Waals surface area contributed by atoms with Crippen LogP contribution in [0.2, 0.25) is 5.02 Å². The third-order valence-electron chi connectivity index (χ3n) is 4.56. The first-order valence-electron chi connectivity index (χ1n) is 8.75. The van der Waals surface area contributed by atoms with Crippen molar-refractivity contribution in [3.63, 3.8) is 0 Å². The van der Waals surface area contributed by atoms with Gasteiger partial charge in [0.05, 0.1) is 11.4 Å². The van der Waals surface area contributed by atoms with Crippen molar-refractivity contribution in [2.45, 2.75) is 13.1 Å². The lowest BCUT2D eigenvalue weighted by atomic mass is 10.1. The van der Waals surface area contributed by atoms with E-state index in [1.165, 1.54) is 4.90 Å². The number of imide groups is 1. The number of para-hydroxylation sites is 1. The summed E-state index contributed by atoms with van der Waals surface area (Å²) < 4.78 is 2.08. The van der Waals surface area contributed by atoms with Gasteiger partial charge in [-0.3, -0.25) is 14.5 Å². The average Bonchev–Trinajstić information content (AvgIpc) is 3.17. The molecule has 0 unspecified atom stereocenters. The molecule has 1 aliphatic heterocycles. The number of hydrogen-bond acceptors (Lipinski definition) is 3. The van der Waals surface area contributed by atoms with Gasteiger partial charge >= 0.3 is 0 Å². The Hall–Kier alpha value is -2.76. The zero-order valence-corrected chi connectivity index (χ0v) is 16.5. The fourth-order valence-electron chi connectivity index (χ4n) is 3.23. The Kier molecular flexibility index (Phi) is 5.11. The summed E-state index contributed by atoms with van der Waals surface area (Å²) in [5.74, 6) is -0.273. The molecule has 0 radical (unpaired) electrons. The highest BCUT2D eigenvalue weighted by molar-refractivity contribution is 8.18. The number of halogens is 1. The number of nitrogens with zero attached hydrogens (tertiary/aromatic N) is 2. The summed E-state index contributed by atoms with van der Waals surface area (Å²) in [4.78, 5) is 26.9. The van der Waals surface area contributed by atoms with E-state index in [0.29, 0.717) is 16.5 Å². The molecule has 0 spiro atoms. The second kappa shape index (κ2) is 7.70. The van der Waals surface area contributed by atoms with Crippen LogP contribution in [-0.4, -0.2) is 20.6 Å². The van der Waals surface area contributed by atoms with Crippen molar-refractivity contribution in [1.29, 1.82) is 0 Å². The molecule has 4 rings (SSSR count). The van der Waals surface area contributed by atoms with Crippen LogP contribution in [0.25, 0.3) is 17.0 Å². The number of hydrogen-bond donors (Lipinski definition) is 0. The Labute approximate surface area is 172 Å². The summed E-state index contributed by atoms with van der Waals surface area (Å²) in [6.45, 7) is 4.70. The van der Waals surface area contributed by atoms with Gasteiger partial charge in [-0.1, -0.05) is 48.0 Å². The van der Waals surface area contributed by atoms with Gasteiger partial charge in [0.15, 0.2) is 0 Å². The van der Waals surface area contributed by atoms with Gasteiger partial charge in [0.1, 0.15) is 0 Å². The van der Waals surface area contributed by atoms with Gasteiger partial charge < -0.3 is 4.57 Å². The molecular formula is C22H17ClN2O2S. The number of amides is 2. The first-order chi connectivity index (χ1) is 13.6. The molecule has 3 aromatic rings. The Bertz CT molecular complexity index is 1120. The molecule has 0 atom stereocenters. The van der Waals surface area contributed by atoms with Crippen LogP contribution in [0.15, 0.2) is 72.3 Å². The highest BCUT2D eigenvalue weighted by Gasteiger charge is 2.35. The molecule has 2 heterocycles. The van der Waals surface area contributed by atoms with Crippen molar-refractivity contribution in [3.8, 4) is 0 Å². The normalized spacial score (nSPS) is 15.8. The third kappa shape index (κ3) is 3.51. The maximum Gasteiger partial charge on any atom is 0.293 e. The lowest BCUT2D eigenvalue weighted by Crippen LogP contribution is -2.27. The number of carbonyl (C=O) groups is 2. The van der Waals surface area contributed by atoms with Gasteiger partial charge in [0.25, 0.3) is 11.1 Å². The SMILES string of the molecule is C=CCn1cc(/C=C2/SC(=O)N(Cc3ccc(Cl)cc3)C2=O)c2ccccc21. The fraction of sp³-hybridized carbons (Fsp3) is 0.0909. The maximum absolute atomic E-state index is 12.8. The van der Waals surface area contributed by atoms with Crippen molar-refractivity contribution in [3.05, 3.63) is 88.4 Å². The van der Waals surface area contributed by atoms with E-state index in [0.717, 1.165) is 33.8 Å². The summed E-state index contributed by atoms with van der Waals surface area (Å²) in [6, 6.07) is 15.1. The van der Waals surface area contributed by atoms with Crippen LogP contribution < -0.4 is 0 Å². The number of carbonyl (C=O) groups excluding carboxylic acids is 2. The van der Waals surface area contributed by atoms with Crippen LogP contribution in [-0.2, 0) is 17.9 Å². The molecule has 28 heavy (non-hydrogen) atoms. The lowest BCUT2D eigenvalue weighted by Gasteiger charge is -2.12. The predicted octanol–water partition coefficient (Wildman–Crippen LogP) is 5.72. The molecule has 2 amide bonds. The van der Waals surface area contributed by atoms with Crippen LogP contribution in [0.1, 0.15) is 11.1 Å². The van der Waals surface area contributed by atoms with Crippen molar-refractivity contribution in [2.24, 2.45) is 0 Å². The van der Waals surface area contributed by atoms with Gasteiger partial charge in [-0.2, -0.15) is 0 Å². The lowest BCUT2D eigenvalue weighted by molar-refractivity contribution is -0.123. The molecule has 4 nitrogen and oxygen atoms in total. The number of aromatic nitrogens is 1. The number of thioether (sulfide) groups is 1. The van der Waals surface area contributed by atoms with E-state index in [4.69, 9.17) is 11.6 Å². The van der Waals surface area contributed by atoms with E-state index in [1.54, 1.807) is 18.2 Å². The monoisotopic (exact) mass is 408 g/mol. The standard InChI is InChI=1S/C22H17ClN2O2S/c1-2-11-24-14-16(18-5-3-4-6-19(18)24)12-20-21(26)25(22(27)28-20)13-15-7-9-17(23)10-8-15/h2-10,12,14H,1,11,13H2/b20-12+. The molecule has 1 aromatic heterocycles. The average molecular weight is 409 g/mol. The molecule has 0 N–H and O–H groups in total. The highest BCUT2D eigenvalue weighted by atomic mass is 35.5. The van der Waals surface area contributed by atoms with E-state index in [2.05, 4.69) is 11.1 Å². The molecule has 6 heteroatoms. The van der Waals surface area contributed by atoms with Crippen molar-refractivity contribution >= 4 is 51.5 Å². The summed E-state index contributed by atoms with van der Waals surface area (Å²) in [7, 11) is 0. The minimum absolute atomic E-state index is 0.234. The van der Waals surface area contributed by atoms with E-state index in [-0.39, 0.29) is 17.7 Å². The Morgan fingerprint density at radius 1 is 1.07 bits per heavy atom. The molecule has 2 aromatic carbocycles. The molecule has 140 valence electrons. The minimum atomic E-state index is -0.273. The molecule has 1 saturated heterocycles. The number of benzene rings is 2. The third-order valence-corrected chi connectivity index (χ3v) is 5.72. The molecule has 0 bridgehead atoms. The second-order valence-corrected chi connectivity index (χ2v) is 7.87. The van der Waals surface area contributed by atoms with E-state index in [1.807, 2.05) is 48.7 Å². The number of rotatable bonds is 5. The van der Waals surface area contributed by atoms with Gasteiger partial charge in [-0.25, -0.2) is 0 Å². The Balaban J connectivity index is 1.65. The zero-order chi connectivity index (χ0) is 19.7. The molecule has 1 fully saturated rings. The van der Waals surface area contributed by atoms with Crippen LogP contribution >= 0.6 is 23.4 Å². The van der Waals surface area contributed by atoms with Crippen LogP contribution in [0.5, 0.6) is 0 Å². The predicted molar refractivity (Wildman–Crippen MR) is 115 cm³/mol. The zero-order valence-electron chi connectivity index (χ0n) is 15.0. The van der Waals surface area contributed by atoms with Gasteiger partial charge in [-0.05, 0) is 41.6 Å². The number of allylic oxidation sites excluding steroid dienone is 1. The first-order valence-corrected chi connectivity index (χ1v) is 9.95. The smallest absolute Gasteiger partial charge is 0.293 e. The van der Waals surface area contributed by atoms with E-state index in [9.17, 15) is 9.59 Å². The summed E-state index contributed by atoms with van der Waals surface area (Å²) >= 11 is 6.88. The Morgan fingerprint density at radius 2 is 1.82 bits per heavy atom. The summed E-state index contributed by atoms with van der Waals surface area (Å²) in [5.41, 5.74) is 2.83. The number of fused-ring (bicyclic) bond motifs is 1. The van der Waals surface area contributed by atoms with E-state index < -0.39 is 0 Å². The fourth-order valence-corrected chi connectivity index (χ4v) is 4.19. The summed E-state index contributed by atoms with van der Waals surface area (Å²) in [6.07, 6.45) is 5.62. The van der Waals surface area contributed by atoms with Crippen LogP contribution in [0.3, 0.4) is 0 Å². The summed E-state index contributed by atoms with van der Waals surface area (Å²) in [5, 5.41) is 1.39. The topological polar surface area (TPSA) is 42.3 Å². The van der Waals surface area contributed by atoms with Crippen LogP contribution in [0.4, 0.5) is 4.79 Å². The van der Waals surface area contributed by atoms with Gasteiger partial charge in [0.2, 0.25) is 0 Å². The molecule has 1 aliphatic rings. The molecule has 0 saturated carbocycles. The second-order valence-electron chi connectivity index (χ2n) is 6.44. The largest absolute Gasteiger partial charge is 0.343 e. The maximum atomic E-state index is 12.8. The van der Waals surface area contributed by atoms with Gasteiger partial charge in [-0.15, -0.1) is 6.58 Å². The van der Waals surface area contributed by atoms with Crippen LogP contribution in [0, 0.1) is 0 Å². The quantitative estimate of drug-likeness (QED) is 0.400. The van der Waals surface area contributed by atoms with Crippen molar-refractivity contribution < 1.29 is 9.59 Å². The Morgan fingerprint density at radius 3 is 2.57 bits per heavy atom. The van der Waals surface area contributed by atoms with E-state index >= 15 is 0 Å². The highest BCUT2D eigenvalue weighted by Crippen LogP contribution is 2.35. The van der Waals surface area contributed by atoms with Crippen molar-refractivity contribution in [1.82, 2.24) is 9.47 Å². The molecule has 0 aliphatic carbocycles. The minimum Gasteiger partial charge on any atom is -0.343 e. The molecular weight excluding hydrogens is 392 g/mol. The van der Waals surface area contributed by atoms with Gasteiger partial charge in [0, 0.05) is 34.2 Å². The van der Waals surface area contributed by atoms with Crippen molar-refractivity contribution in [2.75, 3.05) is 0 Å². The first kappa shape index (κ1) is 18.6.